The Morgan fingerprint density at radius 2 is 2.07 bits per heavy atom. The minimum absolute atomic E-state index is 0.129. The van der Waals surface area contributed by atoms with E-state index in [9.17, 15) is 4.79 Å². The lowest BCUT2D eigenvalue weighted by Gasteiger charge is -2.35. The average Bonchev–Trinajstić information content (AvgIpc) is 2.94. The van der Waals surface area contributed by atoms with Gasteiger partial charge in [0.25, 0.3) is 0 Å². The molecule has 0 aromatic carbocycles. The molecule has 1 N–H and O–H groups in total. The van der Waals surface area contributed by atoms with Crippen LogP contribution in [0.4, 0.5) is 4.79 Å². The Labute approximate surface area is 91.0 Å². The van der Waals surface area contributed by atoms with Crippen LogP contribution in [0, 0.1) is 0 Å². The summed E-state index contributed by atoms with van der Waals surface area (Å²) in [5.41, 5.74) is -0.129. The number of rotatable bonds is 2. The summed E-state index contributed by atoms with van der Waals surface area (Å²) >= 11 is 0. The average molecular weight is 212 g/mol. The second kappa shape index (κ2) is 3.67. The summed E-state index contributed by atoms with van der Waals surface area (Å²) in [5, 5.41) is 3.60. The van der Waals surface area contributed by atoms with Gasteiger partial charge in [0, 0.05) is 18.6 Å². The first-order valence-electron chi connectivity index (χ1n) is 5.67. The molecule has 1 unspecified atom stereocenters. The van der Waals surface area contributed by atoms with Crippen LogP contribution < -0.4 is 5.32 Å². The molecular formula is C11H20N2O2. The highest BCUT2D eigenvalue weighted by Crippen LogP contribution is 2.32. The van der Waals surface area contributed by atoms with E-state index in [1.165, 1.54) is 20.0 Å². The van der Waals surface area contributed by atoms with E-state index in [2.05, 4.69) is 19.2 Å². The second-order valence-electron chi connectivity index (χ2n) is 5.06. The maximum Gasteiger partial charge on any atom is 0.409 e. The SMILES string of the molecule is COC(=O)N1CCC(NC2CC2)C1(C)C. The normalized spacial score (nSPS) is 29.3. The zero-order valence-corrected chi connectivity index (χ0v) is 9.75. The van der Waals surface area contributed by atoms with Crippen molar-refractivity contribution in [2.24, 2.45) is 0 Å². The summed E-state index contributed by atoms with van der Waals surface area (Å²) < 4.78 is 4.80. The molecule has 4 heteroatoms. The number of ether oxygens (including phenoxy) is 1. The Morgan fingerprint density at radius 3 is 2.60 bits per heavy atom. The number of amides is 1. The minimum atomic E-state index is -0.208. The van der Waals surface area contributed by atoms with Crippen LogP contribution in [0.3, 0.4) is 0 Å². The molecule has 1 aliphatic carbocycles. The number of carbonyl (C=O) groups excluding carboxylic acids is 1. The number of likely N-dealkylation sites (tertiary alicyclic amines) is 1. The van der Waals surface area contributed by atoms with Crippen molar-refractivity contribution in [1.82, 2.24) is 10.2 Å². The van der Waals surface area contributed by atoms with Gasteiger partial charge in [-0.25, -0.2) is 4.79 Å². The van der Waals surface area contributed by atoms with Gasteiger partial charge in [-0.15, -0.1) is 0 Å². The molecule has 0 radical (unpaired) electrons. The Morgan fingerprint density at radius 1 is 1.40 bits per heavy atom. The fourth-order valence-corrected chi connectivity index (χ4v) is 2.35. The second-order valence-corrected chi connectivity index (χ2v) is 5.06. The predicted molar refractivity (Wildman–Crippen MR) is 57.8 cm³/mol. The molecule has 1 atom stereocenters. The quantitative estimate of drug-likeness (QED) is 0.751. The monoisotopic (exact) mass is 212 g/mol. The Hall–Kier alpha value is -0.770. The molecule has 86 valence electrons. The van der Waals surface area contributed by atoms with Crippen LogP contribution in [0.2, 0.25) is 0 Å². The molecule has 15 heavy (non-hydrogen) atoms. The first-order chi connectivity index (χ1) is 7.05. The highest BCUT2D eigenvalue weighted by atomic mass is 16.5. The van der Waals surface area contributed by atoms with Crippen LogP contribution in [-0.4, -0.2) is 42.3 Å². The van der Waals surface area contributed by atoms with Gasteiger partial charge in [-0.05, 0) is 33.1 Å². The van der Waals surface area contributed by atoms with Gasteiger partial charge in [0.15, 0.2) is 0 Å². The Balaban J connectivity index is 2.01. The lowest BCUT2D eigenvalue weighted by molar-refractivity contribution is 0.0914. The third-order valence-electron chi connectivity index (χ3n) is 3.60. The van der Waals surface area contributed by atoms with Crippen molar-refractivity contribution < 1.29 is 9.53 Å². The van der Waals surface area contributed by atoms with Crippen LogP contribution in [0.25, 0.3) is 0 Å². The van der Waals surface area contributed by atoms with Crippen LogP contribution in [-0.2, 0) is 4.74 Å². The van der Waals surface area contributed by atoms with Crippen LogP contribution in [0.1, 0.15) is 33.1 Å². The third kappa shape index (κ3) is 1.95. The molecule has 0 aromatic heterocycles. The molecule has 0 spiro atoms. The number of hydrogen-bond donors (Lipinski definition) is 1. The van der Waals surface area contributed by atoms with Crippen molar-refractivity contribution in [3.8, 4) is 0 Å². The summed E-state index contributed by atoms with van der Waals surface area (Å²) in [6.45, 7) is 5.01. The van der Waals surface area contributed by atoms with Gasteiger partial charge < -0.3 is 15.0 Å². The maximum absolute atomic E-state index is 11.6. The molecule has 1 amide bonds. The summed E-state index contributed by atoms with van der Waals surface area (Å²) in [6.07, 6.45) is 3.38. The number of nitrogens with zero attached hydrogens (tertiary/aromatic N) is 1. The fourth-order valence-electron chi connectivity index (χ4n) is 2.35. The van der Waals surface area contributed by atoms with E-state index in [1.807, 2.05) is 4.90 Å². The first kappa shape index (κ1) is 10.7. The van der Waals surface area contributed by atoms with Gasteiger partial charge in [-0.3, -0.25) is 0 Å². The van der Waals surface area contributed by atoms with E-state index in [0.717, 1.165) is 13.0 Å². The molecule has 2 aliphatic rings. The molecule has 0 bridgehead atoms. The van der Waals surface area contributed by atoms with Crippen molar-refractivity contribution >= 4 is 6.09 Å². The van der Waals surface area contributed by atoms with Gasteiger partial charge in [-0.1, -0.05) is 0 Å². The van der Waals surface area contributed by atoms with Gasteiger partial charge in [-0.2, -0.15) is 0 Å². The predicted octanol–water partition coefficient (Wildman–Crippen LogP) is 1.36. The van der Waals surface area contributed by atoms with E-state index in [4.69, 9.17) is 4.74 Å². The molecule has 2 fully saturated rings. The highest BCUT2D eigenvalue weighted by molar-refractivity contribution is 5.69. The van der Waals surface area contributed by atoms with Crippen molar-refractivity contribution in [1.29, 1.82) is 0 Å². The summed E-state index contributed by atoms with van der Waals surface area (Å²) in [4.78, 5) is 13.4. The molecule has 1 aliphatic heterocycles. The number of carbonyl (C=O) groups is 1. The minimum Gasteiger partial charge on any atom is -0.453 e. The smallest absolute Gasteiger partial charge is 0.409 e. The summed E-state index contributed by atoms with van der Waals surface area (Å²) in [7, 11) is 1.44. The zero-order valence-electron chi connectivity index (χ0n) is 9.75. The van der Waals surface area contributed by atoms with Crippen LogP contribution >= 0.6 is 0 Å². The molecular weight excluding hydrogens is 192 g/mol. The van der Waals surface area contributed by atoms with Crippen LogP contribution in [0.15, 0.2) is 0 Å². The van der Waals surface area contributed by atoms with Gasteiger partial charge in [0.05, 0.1) is 12.6 Å². The fraction of sp³-hybridized carbons (Fsp3) is 0.909. The molecule has 2 rings (SSSR count). The van der Waals surface area contributed by atoms with E-state index in [-0.39, 0.29) is 11.6 Å². The molecule has 1 saturated heterocycles. The van der Waals surface area contributed by atoms with Gasteiger partial charge >= 0.3 is 6.09 Å². The first-order valence-corrected chi connectivity index (χ1v) is 5.67. The zero-order chi connectivity index (χ0) is 11.1. The molecule has 1 saturated carbocycles. The Kier molecular flexibility index (Phi) is 2.63. The standard InChI is InChI=1S/C11H20N2O2/c1-11(2)9(12-8-4-5-8)6-7-13(11)10(14)15-3/h8-9,12H,4-7H2,1-3H3. The lowest BCUT2D eigenvalue weighted by atomic mass is 9.96. The summed E-state index contributed by atoms with van der Waals surface area (Å²) in [5.74, 6) is 0. The molecule has 0 aromatic rings. The maximum atomic E-state index is 11.6. The molecule has 1 heterocycles. The van der Waals surface area contributed by atoms with Crippen molar-refractivity contribution in [3.05, 3.63) is 0 Å². The van der Waals surface area contributed by atoms with Crippen molar-refractivity contribution in [2.45, 2.75) is 50.7 Å². The van der Waals surface area contributed by atoms with E-state index >= 15 is 0 Å². The van der Waals surface area contributed by atoms with Crippen molar-refractivity contribution in [2.75, 3.05) is 13.7 Å². The topological polar surface area (TPSA) is 41.6 Å². The van der Waals surface area contributed by atoms with Crippen molar-refractivity contribution in [3.63, 3.8) is 0 Å². The largest absolute Gasteiger partial charge is 0.453 e. The number of hydrogen-bond acceptors (Lipinski definition) is 3. The van der Waals surface area contributed by atoms with E-state index in [1.54, 1.807) is 0 Å². The number of nitrogens with one attached hydrogen (secondary N) is 1. The lowest BCUT2D eigenvalue weighted by Crippen LogP contribution is -2.53. The van der Waals surface area contributed by atoms with Gasteiger partial charge in [0.2, 0.25) is 0 Å². The molecule has 4 nitrogen and oxygen atoms in total. The van der Waals surface area contributed by atoms with Crippen LogP contribution in [0.5, 0.6) is 0 Å². The third-order valence-corrected chi connectivity index (χ3v) is 3.60. The van der Waals surface area contributed by atoms with E-state index < -0.39 is 0 Å². The van der Waals surface area contributed by atoms with Gasteiger partial charge in [0.1, 0.15) is 0 Å². The highest BCUT2D eigenvalue weighted by Gasteiger charge is 2.45. The number of methoxy groups -OCH3 is 1. The Bertz CT molecular complexity index is 261. The van der Waals surface area contributed by atoms with E-state index in [0.29, 0.717) is 12.1 Å². The summed E-state index contributed by atoms with van der Waals surface area (Å²) in [6, 6.07) is 1.09.